The third-order valence-corrected chi connectivity index (χ3v) is 1.96. The molecule has 0 bridgehead atoms. The fraction of sp³-hybridized carbons (Fsp3) is 1.00. The highest BCUT2D eigenvalue weighted by atomic mass is 16.6. The van der Waals surface area contributed by atoms with E-state index in [2.05, 4.69) is 4.74 Å². The van der Waals surface area contributed by atoms with Gasteiger partial charge in [-0.05, 0) is 0 Å². The number of rotatable bonds is 1. The van der Waals surface area contributed by atoms with Crippen LogP contribution in [-0.4, -0.2) is 57.7 Å². The van der Waals surface area contributed by atoms with Crippen LogP contribution in [0.1, 0.15) is 0 Å². The monoisotopic (exact) mass is 179 g/mol. The second-order valence-corrected chi connectivity index (χ2v) is 2.81. The van der Waals surface area contributed by atoms with Crippen molar-refractivity contribution < 1.29 is 25.2 Å². The van der Waals surface area contributed by atoms with Gasteiger partial charge in [0, 0.05) is 0 Å². The van der Waals surface area contributed by atoms with Crippen molar-refractivity contribution in [3.05, 3.63) is 0 Å². The molecular weight excluding hydrogens is 166 g/mol. The lowest BCUT2D eigenvalue weighted by molar-refractivity contribution is -0.258. The lowest BCUT2D eigenvalue weighted by Gasteiger charge is -2.38. The first kappa shape index (κ1) is 9.85. The minimum Gasteiger partial charge on any atom is -0.394 e. The molecule has 0 aromatic rings. The van der Waals surface area contributed by atoms with E-state index < -0.39 is 37.3 Å². The maximum atomic E-state index is 9.24. The summed E-state index contributed by atoms with van der Waals surface area (Å²) in [6, 6.07) is -0.995. The zero-order valence-corrected chi connectivity index (χ0v) is 6.37. The van der Waals surface area contributed by atoms with Gasteiger partial charge in [0.15, 0.2) is 6.29 Å². The molecule has 6 N–H and O–H groups in total. The molecule has 0 spiro atoms. The van der Waals surface area contributed by atoms with Crippen LogP contribution in [-0.2, 0) is 4.74 Å². The van der Waals surface area contributed by atoms with Crippen LogP contribution in [0.5, 0.6) is 0 Å². The molecule has 6 nitrogen and oxygen atoms in total. The molecule has 0 aliphatic carbocycles. The van der Waals surface area contributed by atoms with Gasteiger partial charge in [-0.15, -0.1) is 0 Å². The Morgan fingerprint density at radius 3 is 2.25 bits per heavy atom. The molecule has 0 aromatic carbocycles. The van der Waals surface area contributed by atoms with Gasteiger partial charge in [-0.1, -0.05) is 0 Å². The first-order valence-corrected chi connectivity index (χ1v) is 3.64. The van der Waals surface area contributed by atoms with Gasteiger partial charge in [0.2, 0.25) is 0 Å². The molecule has 1 saturated heterocycles. The summed E-state index contributed by atoms with van der Waals surface area (Å²) in [4.78, 5) is 0. The Morgan fingerprint density at radius 2 is 1.75 bits per heavy atom. The molecule has 0 radical (unpaired) electrons. The molecule has 1 rings (SSSR count). The Bertz CT molecular complexity index is 150. The number of ether oxygens (including phenoxy) is 1. The lowest BCUT2D eigenvalue weighted by Crippen LogP contribution is -2.62. The fourth-order valence-corrected chi connectivity index (χ4v) is 1.13. The first-order chi connectivity index (χ1) is 5.57. The highest BCUT2D eigenvalue weighted by Crippen LogP contribution is 2.17. The van der Waals surface area contributed by atoms with Crippen LogP contribution in [0.15, 0.2) is 0 Å². The minimum absolute atomic E-state index is 0.446. The molecule has 1 unspecified atom stereocenters. The average molecular weight is 179 g/mol. The summed E-state index contributed by atoms with van der Waals surface area (Å²) >= 11 is 0. The third-order valence-electron chi connectivity index (χ3n) is 1.96. The molecule has 0 amide bonds. The summed E-state index contributed by atoms with van der Waals surface area (Å²) in [6.45, 7) is -0.446. The van der Waals surface area contributed by atoms with E-state index in [4.69, 9.17) is 21.1 Å². The molecule has 5 atom stereocenters. The van der Waals surface area contributed by atoms with E-state index in [0.717, 1.165) is 0 Å². The molecule has 0 aromatic heterocycles. The van der Waals surface area contributed by atoms with Gasteiger partial charge >= 0.3 is 0 Å². The number of nitrogens with two attached hydrogens (primary N) is 1. The maximum Gasteiger partial charge on any atom is 0.183 e. The van der Waals surface area contributed by atoms with Crippen molar-refractivity contribution in [2.75, 3.05) is 6.61 Å². The summed E-state index contributed by atoms with van der Waals surface area (Å²) < 4.78 is 4.66. The van der Waals surface area contributed by atoms with Crippen molar-refractivity contribution in [2.24, 2.45) is 5.73 Å². The standard InChI is InChI=1S/C6H13NO5/c7-3-4(9)2(1-8)12-6(11)5(3)10/h2-6,8-11H,1,7H2/t2-,3+,4+,5-,6?/m1/s1. The summed E-state index contributed by atoms with van der Waals surface area (Å²) in [6.07, 6.45) is -4.85. The quantitative estimate of drug-likeness (QED) is 0.288. The van der Waals surface area contributed by atoms with Crippen LogP contribution < -0.4 is 5.73 Å². The molecule has 6 heteroatoms. The van der Waals surface area contributed by atoms with Gasteiger partial charge in [-0.25, -0.2) is 0 Å². The fourth-order valence-electron chi connectivity index (χ4n) is 1.13. The Morgan fingerprint density at radius 1 is 1.17 bits per heavy atom. The van der Waals surface area contributed by atoms with E-state index in [1.165, 1.54) is 0 Å². The minimum atomic E-state index is -1.44. The highest BCUT2D eigenvalue weighted by molar-refractivity contribution is 4.90. The topological polar surface area (TPSA) is 116 Å². The van der Waals surface area contributed by atoms with Crippen molar-refractivity contribution in [3.8, 4) is 0 Å². The molecule has 72 valence electrons. The van der Waals surface area contributed by atoms with E-state index in [1.54, 1.807) is 0 Å². The highest BCUT2D eigenvalue weighted by Gasteiger charge is 2.41. The van der Waals surface area contributed by atoms with Crippen molar-refractivity contribution in [1.29, 1.82) is 0 Å². The van der Waals surface area contributed by atoms with Crippen molar-refractivity contribution in [3.63, 3.8) is 0 Å². The Balaban J connectivity index is 2.63. The normalized spacial score (nSPS) is 49.2. The van der Waals surface area contributed by atoms with Gasteiger partial charge < -0.3 is 30.9 Å². The van der Waals surface area contributed by atoms with Gasteiger partial charge in [0.1, 0.15) is 18.3 Å². The number of hydrogen-bond acceptors (Lipinski definition) is 6. The second kappa shape index (κ2) is 3.65. The average Bonchev–Trinajstić information content (AvgIpc) is 2.08. The molecule has 1 aliphatic heterocycles. The van der Waals surface area contributed by atoms with Crippen LogP contribution in [0.25, 0.3) is 0 Å². The van der Waals surface area contributed by atoms with Crippen LogP contribution in [0.2, 0.25) is 0 Å². The van der Waals surface area contributed by atoms with E-state index >= 15 is 0 Å². The van der Waals surface area contributed by atoms with E-state index in [0.29, 0.717) is 0 Å². The predicted molar refractivity (Wildman–Crippen MR) is 38.0 cm³/mol. The summed E-state index contributed by atoms with van der Waals surface area (Å²) in [5.74, 6) is 0. The Hall–Kier alpha value is -0.240. The molecule has 1 fully saturated rings. The van der Waals surface area contributed by atoms with Gasteiger partial charge in [-0.2, -0.15) is 0 Å². The van der Waals surface area contributed by atoms with Gasteiger partial charge in [0.25, 0.3) is 0 Å². The number of aliphatic hydroxyl groups excluding tert-OH is 4. The Labute approximate surface area is 69.2 Å². The molecule has 1 aliphatic rings. The zero-order valence-electron chi connectivity index (χ0n) is 6.37. The SMILES string of the molecule is N[C@H]1[C@@H](O)[C@@H](CO)OC(O)[C@@H]1O. The van der Waals surface area contributed by atoms with Crippen LogP contribution in [0.4, 0.5) is 0 Å². The predicted octanol–water partition coefficient (Wildman–Crippen LogP) is -3.25. The number of hydrogen-bond donors (Lipinski definition) is 5. The summed E-state index contributed by atoms with van der Waals surface area (Å²) in [5, 5.41) is 36.0. The van der Waals surface area contributed by atoms with Crippen molar-refractivity contribution in [2.45, 2.75) is 30.6 Å². The maximum absolute atomic E-state index is 9.24. The van der Waals surface area contributed by atoms with Gasteiger partial charge in [-0.3, -0.25) is 0 Å². The van der Waals surface area contributed by atoms with Gasteiger partial charge in [0.05, 0.1) is 12.6 Å². The summed E-state index contributed by atoms with van der Waals surface area (Å²) in [7, 11) is 0. The van der Waals surface area contributed by atoms with E-state index in [-0.39, 0.29) is 0 Å². The molecule has 1 heterocycles. The Kier molecular flexibility index (Phi) is 2.99. The lowest BCUT2D eigenvalue weighted by atomic mass is 9.97. The van der Waals surface area contributed by atoms with E-state index in [1.807, 2.05) is 0 Å². The zero-order chi connectivity index (χ0) is 9.30. The second-order valence-electron chi connectivity index (χ2n) is 2.81. The number of aliphatic hydroxyl groups is 4. The van der Waals surface area contributed by atoms with Crippen LogP contribution >= 0.6 is 0 Å². The van der Waals surface area contributed by atoms with Crippen LogP contribution in [0, 0.1) is 0 Å². The van der Waals surface area contributed by atoms with Crippen LogP contribution in [0.3, 0.4) is 0 Å². The molecule has 12 heavy (non-hydrogen) atoms. The molecular formula is C6H13NO5. The summed E-state index contributed by atoms with van der Waals surface area (Å²) in [5.41, 5.74) is 5.33. The third kappa shape index (κ3) is 1.58. The van der Waals surface area contributed by atoms with E-state index in [9.17, 15) is 5.11 Å². The largest absolute Gasteiger partial charge is 0.394 e. The smallest absolute Gasteiger partial charge is 0.183 e. The first-order valence-electron chi connectivity index (χ1n) is 3.64. The van der Waals surface area contributed by atoms with Crippen molar-refractivity contribution in [1.82, 2.24) is 0 Å². The van der Waals surface area contributed by atoms with Crippen molar-refractivity contribution >= 4 is 0 Å². The molecule has 0 saturated carbocycles.